The Morgan fingerprint density at radius 1 is 1.50 bits per heavy atom. The highest BCUT2D eigenvalue weighted by Crippen LogP contribution is 2.02. The van der Waals surface area contributed by atoms with Crippen LogP contribution >= 0.6 is 0 Å². The van der Waals surface area contributed by atoms with Gasteiger partial charge in [-0.2, -0.15) is 0 Å². The minimum atomic E-state index is -0.604. The highest BCUT2D eigenvalue weighted by molar-refractivity contribution is 7.84. The summed E-state index contributed by atoms with van der Waals surface area (Å²) in [6, 6.07) is 0.638. The van der Waals surface area contributed by atoms with Crippen molar-refractivity contribution < 1.29 is 4.21 Å². The summed E-state index contributed by atoms with van der Waals surface area (Å²) in [7, 11) is -0.604. The summed E-state index contributed by atoms with van der Waals surface area (Å²) in [4.78, 5) is 2.43. The zero-order chi connectivity index (χ0) is 10.4. The summed E-state index contributed by atoms with van der Waals surface area (Å²) in [5, 5.41) is 3.48. The van der Waals surface area contributed by atoms with Crippen LogP contribution in [0, 0.1) is 0 Å². The molecule has 0 aromatic rings. The van der Waals surface area contributed by atoms with Gasteiger partial charge in [0, 0.05) is 54.5 Å². The lowest BCUT2D eigenvalue weighted by atomic mass is 10.1. The molecule has 0 saturated carbocycles. The third-order valence-corrected chi connectivity index (χ3v) is 4.07. The molecule has 1 N–H and O–H groups in total. The Kier molecular flexibility index (Phi) is 5.67. The fourth-order valence-electron chi connectivity index (χ4n) is 1.75. The highest BCUT2D eigenvalue weighted by Gasteiger charge is 2.17. The number of rotatable bonds is 5. The van der Waals surface area contributed by atoms with Crippen LogP contribution in [-0.2, 0) is 10.8 Å². The van der Waals surface area contributed by atoms with Crippen molar-refractivity contribution in [1.82, 2.24) is 10.2 Å². The Hall–Kier alpha value is 0.0700. The van der Waals surface area contributed by atoms with Gasteiger partial charge in [-0.15, -0.1) is 0 Å². The number of nitrogens with one attached hydrogen (secondary N) is 1. The molecule has 0 amide bonds. The molecule has 0 radical (unpaired) electrons. The van der Waals surface area contributed by atoms with Crippen molar-refractivity contribution >= 4 is 10.8 Å². The summed E-state index contributed by atoms with van der Waals surface area (Å²) in [5.74, 6) is 1.64. The van der Waals surface area contributed by atoms with Gasteiger partial charge in [-0.1, -0.05) is 13.8 Å². The molecular weight excluding hydrogens is 196 g/mol. The van der Waals surface area contributed by atoms with E-state index in [0.29, 0.717) is 6.04 Å². The normalized spacial score (nSPS) is 26.3. The van der Waals surface area contributed by atoms with Crippen molar-refractivity contribution in [1.29, 1.82) is 0 Å². The van der Waals surface area contributed by atoms with E-state index in [1.807, 2.05) is 6.92 Å². The molecule has 0 aromatic heterocycles. The minimum Gasteiger partial charge on any atom is -0.311 e. The first-order chi connectivity index (χ1) is 6.76. The topological polar surface area (TPSA) is 32.3 Å². The van der Waals surface area contributed by atoms with Crippen molar-refractivity contribution in [2.24, 2.45) is 0 Å². The maximum atomic E-state index is 11.3. The van der Waals surface area contributed by atoms with Crippen LogP contribution in [0.4, 0.5) is 0 Å². The molecule has 2 unspecified atom stereocenters. The molecule has 1 saturated heterocycles. The predicted molar refractivity (Wildman–Crippen MR) is 62.1 cm³/mol. The van der Waals surface area contributed by atoms with E-state index < -0.39 is 10.8 Å². The van der Waals surface area contributed by atoms with Gasteiger partial charge in [0.25, 0.3) is 0 Å². The molecular formula is C10H22N2OS. The van der Waals surface area contributed by atoms with Crippen LogP contribution in [0.1, 0.15) is 20.3 Å². The lowest BCUT2D eigenvalue weighted by Crippen LogP contribution is -2.51. The second-order valence-corrected chi connectivity index (χ2v) is 5.66. The van der Waals surface area contributed by atoms with Crippen LogP contribution < -0.4 is 5.32 Å². The minimum absolute atomic E-state index is 0.604. The number of piperazine rings is 1. The van der Waals surface area contributed by atoms with E-state index in [2.05, 4.69) is 17.1 Å². The van der Waals surface area contributed by atoms with Crippen LogP contribution in [0.5, 0.6) is 0 Å². The summed E-state index contributed by atoms with van der Waals surface area (Å²) in [5.41, 5.74) is 0. The Bertz CT molecular complexity index is 187. The van der Waals surface area contributed by atoms with E-state index in [4.69, 9.17) is 0 Å². The van der Waals surface area contributed by atoms with Crippen molar-refractivity contribution in [3.63, 3.8) is 0 Å². The zero-order valence-corrected chi connectivity index (χ0v) is 10.1. The van der Waals surface area contributed by atoms with E-state index in [1.54, 1.807) is 0 Å². The summed E-state index contributed by atoms with van der Waals surface area (Å²) in [6.07, 6.45) is 1.19. The molecule has 0 spiro atoms. The van der Waals surface area contributed by atoms with Crippen LogP contribution in [0.15, 0.2) is 0 Å². The maximum absolute atomic E-state index is 11.3. The third-order valence-electron chi connectivity index (χ3n) is 2.79. The third kappa shape index (κ3) is 4.07. The molecule has 1 fully saturated rings. The number of nitrogens with zero attached hydrogens (tertiary/aromatic N) is 1. The van der Waals surface area contributed by atoms with Gasteiger partial charge in [-0.3, -0.25) is 9.11 Å². The molecule has 4 heteroatoms. The summed E-state index contributed by atoms with van der Waals surface area (Å²) < 4.78 is 11.3. The van der Waals surface area contributed by atoms with Crippen LogP contribution in [0.3, 0.4) is 0 Å². The average molecular weight is 218 g/mol. The van der Waals surface area contributed by atoms with Gasteiger partial charge in [0.15, 0.2) is 0 Å². The summed E-state index contributed by atoms with van der Waals surface area (Å²) in [6.45, 7) is 8.51. The molecule has 14 heavy (non-hydrogen) atoms. The van der Waals surface area contributed by atoms with Crippen LogP contribution in [-0.4, -0.2) is 52.8 Å². The van der Waals surface area contributed by atoms with E-state index in [0.717, 1.165) is 37.7 Å². The van der Waals surface area contributed by atoms with Gasteiger partial charge in [-0.05, 0) is 6.42 Å². The molecule has 1 aliphatic heterocycles. The maximum Gasteiger partial charge on any atom is 0.0362 e. The highest BCUT2D eigenvalue weighted by atomic mass is 32.2. The molecule has 0 bridgehead atoms. The van der Waals surface area contributed by atoms with Crippen molar-refractivity contribution in [3.05, 3.63) is 0 Å². The SMILES string of the molecule is CCC1CN(CCS(=O)CC)CCN1. The fraction of sp³-hybridized carbons (Fsp3) is 1.00. The monoisotopic (exact) mass is 218 g/mol. The Morgan fingerprint density at radius 2 is 2.29 bits per heavy atom. The molecule has 1 rings (SSSR count). The first kappa shape index (κ1) is 12.1. The average Bonchev–Trinajstić information content (AvgIpc) is 2.26. The van der Waals surface area contributed by atoms with E-state index >= 15 is 0 Å². The Morgan fingerprint density at radius 3 is 2.93 bits per heavy atom. The second-order valence-electron chi connectivity index (χ2n) is 3.79. The first-order valence-electron chi connectivity index (χ1n) is 5.57. The largest absolute Gasteiger partial charge is 0.311 e. The number of hydrogen-bond donors (Lipinski definition) is 1. The molecule has 3 nitrogen and oxygen atoms in total. The Balaban J connectivity index is 2.20. The van der Waals surface area contributed by atoms with Gasteiger partial charge in [0.05, 0.1) is 0 Å². The predicted octanol–water partition coefficient (Wildman–Crippen LogP) is 0.439. The molecule has 1 aliphatic rings. The van der Waals surface area contributed by atoms with Crippen LogP contribution in [0.25, 0.3) is 0 Å². The molecule has 84 valence electrons. The van der Waals surface area contributed by atoms with Crippen molar-refractivity contribution in [3.8, 4) is 0 Å². The summed E-state index contributed by atoms with van der Waals surface area (Å²) >= 11 is 0. The van der Waals surface area contributed by atoms with E-state index in [-0.39, 0.29) is 0 Å². The van der Waals surface area contributed by atoms with Gasteiger partial charge >= 0.3 is 0 Å². The van der Waals surface area contributed by atoms with Gasteiger partial charge in [0.2, 0.25) is 0 Å². The molecule has 0 aromatic carbocycles. The number of hydrogen-bond acceptors (Lipinski definition) is 3. The first-order valence-corrected chi connectivity index (χ1v) is 7.05. The molecule has 1 heterocycles. The van der Waals surface area contributed by atoms with Gasteiger partial charge < -0.3 is 5.32 Å². The smallest absolute Gasteiger partial charge is 0.0362 e. The van der Waals surface area contributed by atoms with Gasteiger partial charge in [-0.25, -0.2) is 0 Å². The Labute approximate surface area is 89.7 Å². The lowest BCUT2D eigenvalue weighted by molar-refractivity contribution is 0.207. The van der Waals surface area contributed by atoms with Crippen molar-refractivity contribution in [2.45, 2.75) is 26.3 Å². The molecule has 0 aliphatic carbocycles. The van der Waals surface area contributed by atoms with Crippen molar-refractivity contribution in [2.75, 3.05) is 37.7 Å². The quantitative estimate of drug-likeness (QED) is 0.727. The van der Waals surface area contributed by atoms with Gasteiger partial charge in [0.1, 0.15) is 0 Å². The van der Waals surface area contributed by atoms with E-state index in [9.17, 15) is 4.21 Å². The fourth-order valence-corrected chi connectivity index (χ4v) is 2.50. The molecule has 2 atom stereocenters. The standard InChI is InChI=1S/C10H22N2OS/c1-3-10-9-12(6-5-11-10)7-8-14(13)4-2/h10-11H,3-9H2,1-2H3. The second kappa shape index (κ2) is 6.53. The zero-order valence-electron chi connectivity index (χ0n) is 9.29. The van der Waals surface area contributed by atoms with Crippen LogP contribution in [0.2, 0.25) is 0 Å². The van der Waals surface area contributed by atoms with E-state index in [1.165, 1.54) is 6.42 Å². The lowest BCUT2D eigenvalue weighted by Gasteiger charge is -2.33.